The molecule has 0 spiro atoms. The number of hydrogen-bond donors (Lipinski definition) is 1. The summed E-state index contributed by atoms with van der Waals surface area (Å²) >= 11 is 0. The number of benzene rings is 1. The zero-order valence-electron chi connectivity index (χ0n) is 12.1. The Morgan fingerprint density at radius 1 is 1.26 bits per heavy atom. The van der Waals surface area contributed by atoms with Crippen LogP contribution in [-0.2, 0) is 0 Å². The van der Waals surface area contributed by atoms with Gasteiger partial charge in [-0.25, -0.2) is 4.39 Å². The van der Waals surface area contributed by atoms with Crippen LogP contribution in [0.3, 0.4) is 0 Å². The van der Waals surface area contributed by atoms with Gasteiger partial charge < -0.3 is 10.1 Å². The van der Waals surface area contributed by atoms with E-state index in [0.29, 0.717) is 17.4 Å². The van der Waals surface area contributed by atoms with E-state index in [1.807, 2.05) is 13.0 Å². The second kappa shape index (κ2) is 6.38. The summed E-state index contributed by atoms with van der Waals surface area (Å²) in [7, 11) is 1.59. The van der Waals surface area contributed by atoms with E-state index in [1.54, 1.807) is 13.2 Å². The summed E-state index contributed by atoms with van der Waals surface area (Å²) in [5.41, 5.74) is 0.642. The fourth-order valence-electron chi connectivity index (χ4n) is 2.98. The molecule has 1 fully saturated rings. The van der Waals surface area contributed by atoms with Gasteiger partial charge in [0.15, 0.2) is 0 Å². The fraction of sp³-hybridized carbons (Fsp3) is 0.625. The van der Waals surface area contributed by atoms with Crippen LogP contribution < -0.4 is 10.1 Å². The van der Waals surface area contributed by atoms with Crippen molar-refractivity contribution in [1.82, 2.24) is 5.32 Å². The molecule has 1 aromatic rings. The van der Waals surface area contributed by atoms with Crippen molar-refractivity contribution >= 4 is 0 Å². The standard InChI is InChI=1S/C16H24FNO/c1-11-7-9-13(10-8-11)18-12(2)16-14(17)5-4-6-15(16)19-3/h4-6,11-13,18H,7-10H2,1-3H3. The normalized spacial score (nSPS) is 25.1. The van der Waals surface area contributed by atoms with E-state index in [-0.39, 0.29) is 11.9 Å². The predicted molar refractivity (Wildman–Crippen MR) is 75.9 cm³/mol. The third-order valence-corrected chi connectivity index (χ3v) is 4.17. The van der Waals surface area contributed by atoms with Crippen LogP contribution in [0.15, 0.2) is 18.2 Å². The van der Waals surface area contributed by atoms with Gasteiger partial charge in [-0.1, -0.05) is 13.0 Å². The van der Waals surface area contributed by atoms with Crippen molar-refractivity contribution < 1.29 is 9.13 Å². The average molecular weight is 265 g/mol. The highest BCUT2D eigenvalue weighted by atomic mass is 19.1. The summed E-state index contributed by atoms with van der Waals surface area (Å²) in [4.78, 5) is 0. The van der Waals surface area contributed by atoms with Gasteiger partial charge in [-0.3, -0.25) is 0 Å². The van der Waals surface area contributed by atoms with Crippen molar-refractivity contribution in [3.63, 3.8) is 0 Å². The number of rotatable bonds is 4. The molecule has 1 unspecified atom stereocenters. The van der Waals surface area contributed by atoms with E-state index >= 15 is 0 Å². The van der Waals surface area contributed by atoms with Gasteiger partial charge in [0.1, 0.15) is 11.6 Å². The minimum atomic E-state index is -0.191. The van der Waals surface area contributed by atoms with Crippen molar-refractivity contribution in [2.75, 3.05) is 7.11 Å². The smallest absolute Gasteiger partial charge is 0.131 e. The number of ether oxygens (including phenoxy) is 1. The monoisotopic (exact) mass is 265 g/mol. The van der Waals surface area contributed by atoms with E-state index in [9.17, 15) is 4.39 Å². The van der Waals surface area contributed by atoms with Crippen LogP contribution in [0.2, 0.25) is 0 Å². The Kier molecular flexibility index (Phi) is 4.81. The maximum absolute atomic E-state index is 14.0. The lowest BCUT2D eigenvalue weighted by molar-refractivity contribution is 0.287. The van der Waals surface area contributed by atoms with Gasteiger partial charge in [0, 0.05) is 17.6 Å². The molecule has 1 N–H and O–H groups in total. The molecule has 2 nitrogen and oxygen atoms in total. The zero-order valence-corrected chi connectivity index (χ0v) is 12.1. The van der Waals surface area contributed by atoms with Crippen molar-refractivity contribution in [3.8, 4) is 5.75 Å². The molecule has 1 saturated carbocycles. The van der Waals surface area contributed by atoms with Crippen LogP contribution in [0.4, 0.5) is 4.39 Å². The fourth-order valence-corrected chi connectivity index (χ4v) is 2.98. The molecular formula is C16H24FNO. The Hall–Kier alpha value is -1.09. The summed E-state index contributed by atoms with van der Waals surface area (Å²) in [5.74, 6) is 1.27. The second-order valence-electron chi connectivity index (χ2n) is 5.70. The molecule has 2 rings (SSSR count). The van der Waals surface area contributed by atoms with Crippen molar-refractivity contribution in [2.24, 2.45) is 5.92 Å². The molecular weight excluding hydrogens is 241 g/mol. The van der Waals surface area contributed by atoms with Gasteiger partial charge in [-0.05, 0) is 50.7 Å². The van der Waals surface area contributed by atoms with E-state index < -0.39 is 0 Å². The first-order valence-corrected chi connectivity index (χ1v) is 7.20. The lowest BCUT2D eigenvalue weighted by atomic mass is 9.87. The van der Waals surface area contributed by atoms with E-state index in [4.69, 9.17) is 4.74 Å². The van der Waals surface area contributed by atoms with Crippen LogP contribution in [0.25, 0.3) is 0 Å². The van der Waals surface area contributed by atoms with Crippen molar-refractivity contribution in [3.05, 3.63) is 29.6 Å². The molecule has 1 atom stereocenters. The molecule has 3 heteroatoms. The number of methoxy groups -OCH3 is 1. The van der Waals surface area contributed by atoms with Gasteiger partial charge in [0.25, 0.3) is 0 Å². The molecule has 0 amide bonds. The van der Waals surface area contributed by atoms with Gasteiger partial charge >= 0.3 is 0 Å². The van der Waals surface area contributed by atoms with Gasteiger partial charge in [-0.15, -0.1) is 0 Å². The quantitative estimate of drug-likeness (QED) is 0.886. The maximum atomic E-state index is 14.0. The minimum Gasteiger partial charge on any atom is -0.496 e. The van der Waals surface area contributed by atoms with Gasteiger partial charge in [-0.2, -0.15) is 0 Å². The van der Waals surface area contributed by atoms with Crippen LogP contribution in [-0.4, -0.2) is 13.2 Å². The molecule has 0 saturated heterocycles. The number of nitrogens with one attached hydrogen (secondary N) is 1. The van der Waals surface area contributed by atoms with Crippen molar-refractivity contribution in [1.29, 1.82) is 0 Å². The third-order valence-electron chi connectivity index (χ3n) is 4.17. The predicted octanol–water partition coefficient (Wildman–Crippen LogP) is 4.06. The van der Waals surface area contributed by atoms with E-state index in [0.717, 1.165) is 5.92 Å². The first-order chi connectivity index (χ1) is 9.11. The molecule has 1 aliphatic carbocycles. The Morgan fingerprint density at radius 3 is 2.58 bits per heavy atom. The van der Waals surface area contributed by atoms with Crippen LogP contribution in [0.5, 0.6) is 5.75 Å². The summed E-state index contributed by atoms with van der Waals surface area (Å²) in [6, 6.07) is 5.48. The second-order valence-corrected chi connectivity index (χ2v) is 5.70. The highest BCUT2D eigenvalue weighted by molar-refractivity contribution is 5.36. The summed E-state index contributed by atoms with van der Waals surface area (Å²) < 4.78 is 19.3. The van der Waals surface area contributed by atoms with Crippen LogP contribution in [0, 0.1) is 11.7 Å². The molecule has 0 radical (unpaired) electrons. The highest BCUT2D eigenvalue weighted by Gasteiger charge is 2.22. The molecule has 0 aliphatic heterocycles. The van der Waals surface area contributed by atoms with E-state index in [2.05, 4.69) is 12.2 Å². The summed E-state index contributed by atoms with van der Waals surface area (Å²) in [6.07, 6.45) is 4.89. The molecule has 0 heterocycles. The van der Waals surface area contributed by atoms with Crippen LogP contribution in [0.1, 0.15) is 51.1 Å². The Labute approximate surface area is 115 Å². The first-order valence-electron chi connectivity index (χ1n) is 7.20. The Morgan fingerprint density at radius 2 is 1.95 bits per heavy atom. The summed E-state index contributed by atoms with van der Waals surface area (Å²) in [5, 5.41) is 3.55. The largest absolute Gasteiger partial charge is 0.496 e. The van der Waals surface area contributed by atoms with E-state index in [1.165, 1.54) is 31.7 Å². The maximum Gasteiger partial charge on any atom is 0.131 e. The molecule has 0 bridgehead atoms. The zero-order chi connectivity index (χ0) is 13.8. The average Bonchev–Trinajstić information content (AvgIpc) is 2.40. The summed E-state index contributed by atoms with van der Waals surface area (Å²) in [6.45, 7) is 4.32. The number of hydrogen-bond acceptors (Lipinski definition) is 2. The third kappa shape index (κ3) is 3.47. The van der Waals surface area contributed by atoms with Crippen molar-refractivity contribution in [2.45, 2.75) is 51.6 Å². The lowest BCUT2D eigenvalue weighted by Gasteiger charge is -2.30. The highest BCUT2D eigenvalue weighted by Crippen LogP contribution is 2.30. The number of halogens is 1. The molecule has 1 aromatic carbocycles. The molecule has 0 aromatic heterocycles. The van der Waals surface area contributed by atoms with Gasteiger partial charge in [0.05, 0.1) is 7.11 Å². The minimum absolute atomic E-state index is 0.0189. The lowest BCUT2D eigenvalue weighted by Crippen LogP contribution is -2.35. The SMILES string of the molecule is COc1cccc(F)c1C(C)NC1CCC(C)CC1. The molecule has 106 valence electrons. The Bertz CT molecular complexity index is 413. The Balaban J connectivity index is 2.05. The molecule has 19 heavy (non-hydrogen) atoms. The van der Waals surface area contributed by atoms with Gasteiger partial charge in [0.2, 0.25) is 0 Å². The first kappa shape index (κ1) is 14.3. The topological polar surface area (TPSA) is 21.3 Å². The van der Waals surface area contributed by atoms with Crippen LogP contribution >= 0.6 is 0 Å². The molecule has 1 aliphatic rings.